The van der Waals surface area contributed by atoms with Gasteiger partial charge in [-0.1, -0.05) is 12.1 Å². The minimum Gasteiger partial charge on any atom is -0.493 e. The summed E-state index contributed by atoms with van der Waals surface area (Å²) in [5.41, 5.74) is 4.73. The Balaban J connectivity index is 1.32. The Morgan fingerprint density at radius 2 is 1.77 bits per heavy atom. The van der Waals surface area contributed by atoms with Crippen molar-refractivity contribution in [1.29, 1.82) is 0 Å². The van der Waals surface area contributed by atoms with Crippen LogP contribution < -0.4 is 19.7 Å². The van der Waals surface area contributed by atoms with Gasteiger partial charge >= 0.3 is 0 Å². The Bertz CT molecular complexity index is 1240. The van der Waals surface area contributed by atoms with E-state index in [1.54, 1.807) is 44.0 Å². The van der Waals surface area contributed by atoms with E-state index in [0.29, 0.717) is 41.8 Å². The number of benzene rings is 2. The fraction of sp³-hybridized carbons (Fsp3) is 0.231. The highest BCUT2D eigenvalue weighted by molar-refractivity contribution is 7.14. The molecule has 9 heteroatoms. The van der Waals surface area contributed by atoms with Crippen LogP contribution in [0.4, 0.5) is 0 Å². The van der Waals surface area contributed by atoms with Crippen molar-refractivity contribution in [3.8, 4) is 17.2 Å². The molecule has 2 aromatic carbocycles. The average molecular weight is 495 g/mol. The number of nitrogens with zero attached hydrogens (tertiary/aromatic N) is 1. The van der Waals surface area contributed by atoms with E-state index >= 15 is 0 Å². The molecule has 0 atom stereocenters. The molecule has 2 amide bonds. The molecule has 0 bridgehead atoms. The number of hydrogen-bond donors (Lipinski definition) is 2. The predicted molar refractivity (Wildman–Crippen MR) is 132 cm³/mol. The molecule has 2 heterocycles. The van der Waals surface area contributed by atoms with Crippen molar-refractivity contribution in [1.82, 2.24) is 10.4 Å². The van der Waals surface area contributed by atoms with Gasteiger partial charge in [0.25, 0.3) is 5.91 Å². The minimum absolute atomic E-state index is 0.0498. The molecule has 182 valence electrons. The van der Waals surface area contributed by atoms with Crippen LogP contribution in [0.3, 0.4) is 0 Å². The van der Waals surface area contributed by atoms with E-state index in [1.165, 1.54) is 16.9 Å². The molecule has 3 aromatic rings. The number of carbonyl (C=O) groups is 2. The van der Waals surface area contributed by atoms with Crippen LogP contribution in [0.5, 0.6) is 17.2 Å². The van der Waals surface area contributed by atoms with Crippen LogP contribution in [-0.2, 0) is 24.4 Å². The number of amides is 2. The topological polar surface area (TPSA) is 97.3 Å². The molecule has 1 aliphatic rings. The van der Waals surface area contributed by atoms with Gasteiger partial charge in [-0.15, -0.1) is 11.3 Å². The second kappa shape index (κ2) is 11.1. The van der Waals surface area contributed by atoms with Gasteiger partial charge in [0.05, 0.1) is 19.1 Å². The summed E-state index contributed by atoms with van der Waals surface area (Å²) < 4.78 is 16.5. The molecule has 0 fully saturated rings. The van der Waals surface area contributed by atoms with Crippen molar-refractivity contribution >= 4 is 29.2 Å². The summed E-state index contributed by atoms with van der Waals surface area (Å²) in [4.78, 5) is 27.3. The lowest BCUT2D eigenvalue weighted by atomic mass is 9.98. The van der Waals surface area contributed by atoms with E-state index in [4.69, 9.17) is 19.4 Å². The second-order valence-corrected chi connectivity index (χ2v) is 9.05. The molecule has 4 rings (SSSR count). The molecule has 0 saturated carbocycles. The van der Waals surface area contributed by atoms with Gasteiger partial charge in [0.15, 0.2) is 11.5 Å². The SMILES string of the molecule is COc1cc2c(cc1OC)CN(C(=O)C=Cc1ccc(OCc3ccc(C(=O)NO)s3)cc1)CC2. The number of thiophene rings is 1. The van der Waals surface area contributed by atoms with E-state index in [0.717, 1.165) is 22.4 Å². The first kappa shape index (κ1) is 24.3. The molecule has 0 radical (unpaired) electrons. The fourth-order valence-electron chi connectivity index (χ4n) is 3.81. The molecular formula is C26H26N2O6S. The van der Waals surface area contributed by atoms with Crippen LogP contribution in [0.25, 0.3) is 6.08 Å². The van der Waals surface area contributed by atoms with Gasteiger partial charge in [-0.3, -0.25) is 14.8 Å². The van der Waals surface area contributed by atoms with Gasteiger partial charge in [-0.25, -0.2) is 5.48 Å². The van der Waals surface area contributed by atoms with Gasteiger partial charge in [0, 0.05) is 24.0 Å². The van der Waals surface area contributed by atoms with E-state index in [2.05, 4.69) is 0 Å². The third kappa shape index (κ3) is 5.82. The zero-order valence-electron chi connectivity index (χ0n) is 19.4. The fourth-order valence-corrected chi connectivity index (χ4v) is 4.62. The third-order valence-electron chi connectivity index (χ3n) is 5.70. The van der Waals surface area contributed by atoms with Crippen molar-refractivity contribution in [3.05, 3.63) is 81.1 Å². The molecule has 0 spiro atoms. The molecule has 1 aromatic heterocycles. The minimum atomic E-state index is -0.541. The van der Waals surface area contributed by atoms with Crippen molar-refractivity contribution in [2.45, 2.75) is 19.6 Å². The molecule has 8 nitrogen and oxygen atoms in total. The Kier molecular flexibility index (Phi) is 7.69. The van der Waals surface area contributed by atoms with Gasteiger partial charge in [0.2, 0.25) is 5.91 Å². The van der Waals surface area contributed by atoms with Gasteiger partial charge in [0.1, 0.15) is 12.4 Å². The molecule has 0 aliphatic carbocycles. The molecule has 0 saturated heterocycles. The monoisotopic (exact) mass is 494 g/mol. The number of nitrogens with one attached hydrogen (secondary N) is 1. The first-order valence-corrected chi connectivity index (χ1v) is 11.8. The number of fused-ring (bicyclic) bond motifs is 1. The Hall–Kier alpha value is -3.82. The lowest BCUT2D eigenvalue weighted by Gasteiger charge is -2.28. The summed E-state index contributed by atoms with van der Waals surface area (Å²) >= 11 is 1.25. The number of hydrogen-bond acceptors (Lipinski definition) is 7. The Morgan fingerprint density at radius 1 is 1.06 bits per heavy atom. The highest BCUT2D eigenvalue weighted by Gasteiger charge is 2.21. The maximum absolute atomic E-state index is 12.8. The van der Waals surface area contributed by atoms with Crippen LogP contribution in [0.1, 0.15) is 31.2 Å². The van der Waals surface area contributed by atoms with Crippen LogP contribution in [-0.4, -0.2) is 42.7 Å². The summed E-state index contributed by atoms with van der Waals surface area (Å²) in [7, 11) is 3.22. The van der Waals surface area contributed by atoms with E-state index in [9.17, 15) is 9.59 Å². The maximum Gasteiger partial charge on any atom is 0.284 e. The summed E-state index contributed by atoms with van der Waals surface area (Å²) in [6, 6.07) is 14.7. The van der Waals surface area contributed by atoms with Crippen molar-refractivity contribution in [2.24, 2.45) is 0 Å². The summed E-state index contributed by atoms with van der Waals surface area (Å²) in [6.45, 7) is 1.48. The van der Waals surface area contributed by atoms with Crippen LogP contribution in [0.2, 0.25) is 0 Å². The zero-order chi connectivity index (χ0) is 24.8. The molecule has 35 heavy (non-hydrogen) atoms. The summed E-state index contributed by atoms with van der Waals surface area (Å²) in [5, 5.41) is 8.70. The van der Waals surface area contributed by atoms with Crippen LogP contribution >= 0.6 is 11.3 Å². The highest BCUT2D eigenvalue weighted by atomic mass is 32.1. The number of ether oxygens (including phenoxy) is 3. The summed E-state index contributed by atoms with van der Waals surface area (Å²) in [5.74, 6) is 1.44. The van der Waals surface area contributed by atoms with Gasteiger partial charge in [-0.2, -0.15) is 0 Å². The van der Waals surface area contributed by atoms with Crippen LogP contribution in [0.15, 0.2) is 54.6 Å². The first-order valence-electron chi connectivity index (χ1n) is 11.0. The van der Waals surface area contributed by atoms with E-state index in [1.807, 2.05) is 41.3 Å². The molecule has 2 N–H and O–H groups in total. The number of carbonyl (C=O) groups excluding carboxylic acids is 2. The Labute approximate surface area is 207 Å². The average Bonchev–Trinajstić information content (AvgIpc) is 3.38. The third-order valence-corrected chi connectivity index (χ3v) is 6.75. The van der Waals surface area contributed by atoms with Crippen LogP contribution in [0, 0.1) is 0 Å². The van der Waals surface area contributed by atoms with Crippen molar-refractivity contribution in [2.75, 3.05) is 20.8 Å². The Morgan fingerprint density at radius 3 is 2.46 bits per heavy atom. The predicted octanol–water partition coefficient (Wildman–Crippen LogP) is 4.06. The lowest BCUT2D eigenvalue weighted by Crippen LogP contribution is -2.34. The summed E-state index contributed by atoms with van der Waals surface area (Å²) in [6.07, 6.45) is 4.13. The molecule has 1 aliphatic heterocycles. The zero-order valence-corrected chi connectivity index (χ0v) is 20.3. The molecular weight excluding hydrogens is 468 g/mol. The maximum atomic E-state index is 12.8. The highest BCUT2D eigenvalue weighted by Crippen LogP contribution is 2.33. The quantitative estimate of drug-likeness (QED) is 0.279. The van der Waals surface area contributed by atoms with Crippen molar-refractivity contribution < 1.29 is 29.0 Å². The second-order valence-electron chi connectivity index (χ2n) is 7.88. The van der Waals surface area contributed by atoms with E-state index in [-0.39, 0.29) is 5.91 Å². The number of hydroxylamine groups is 1. The number of rotatable bonds is 8. The van der Waals surface area contributed by atoms with Crippen molar-refractivity contribution in [3.63, 3.8) is 0 Å². The number of methoxy groups -OCH3 is 2. The van der Waals surface area contributed by atoms with Gasteiger partial charge in [-0.05, 0) is 65.6 Å². The first-order chi connectivity index (χ1) is 17.0. The lowest BCUT2D eigenvalue weighted by molar-refractivity contribution is -0.126. The molecule has 0 unspecified atom stereocenters. The largest absolute Gasteiger partial charge is 0.493 e. The van der Waals surface area contributed by atoms with E-state index < -0.39 is 5.91 Å². The standard InChI is InChI=1S/C26H26N2O6S/c1-32-22-13-18-11-12-28(15-19(18)14-23(22)33-2)25(29)10-5-17-3-6-20(7-4-17)34-16-21-8-9-24(35-21)26(30)27-31/h3-10,13-14,31H,11-12,15-16H2,1-2H3,(H,27,30). The van der Waals surface area contributed by atoms with Gasteiger partial charge < -0.3 is 19.1 Å². The smallest absolute Gasteiger partial charge is 0.284 e. The normalized spacial score (nSPS) is 12.8.